The first-order valence-corrected chi connectivity index (χ1v) is 5.06. The average Bonchev–Trinajstić information content (AvgIpc) is 2.45. The molecule has 0 radical (unpaired) electrons. The number of ketones is 1. The highest BCUT2D eigenvalue weighted by molar-refractivity contribution is 6.21. The van der Waals surface area contributed by atoms with E-state index in [9.17, 15) is 9.90 Å². The normalized spacial score (nSPS) is 17.3. The Morgan fingerprint density at radius 1 is 1.47 bits per heavy atom. The van der Waals surface area contributed by atoms with Gasteiger partial charge in [0.1, 0.15) is 5.76 Å². The zero-order valence-corrected chi connectivity index (χ0v) is 8.95. The summed E-state index contributed by atoms with van der Waals surface area (Å²) >= 11 is 0. The number of carbonyl (C=O) groups excluding carboxylic acids is 1. The molecule has 0 atom stereocenters. The number of aliphatic hydroxyl groups is 1. The molecule has 0 bridgehead atoms. The van der Waals surface area contributed by atoms with Gasteiger partial charge in [0.25, 0.3) is 0 Å². The molecule has 1 aromatic rings. The van der Waals surface area contributed by atoms with E-state index in [1.165, 1.54) is 0 Å². The van der Waals surface area contributed by atoms with Gasteiger partial charge in [-0.15, -0.1) is 0 Å². The number of hydrogen-bond acceptors (Lipinski definition) is 3. The van der Waals surface area contributed by atoms with Crippen LogP contribution in [-0.4, -0.2) is 20.7 Å². The first-order valence-electron chi connectivity index (χ1n) is 5.06. The molecule has 1 N–H and O–H groups in total. The third-order valence-corrected chi connectivity index (χ3v) is 2.64. The molecular weight excluding hydrogens is 192 g/mol. The van der Waals surface area contributed by atoms with Crippen LogP contribution in [0, 0.1) is 6.92 Å². The molecule has 0 saturated carbocycles. The summed E-state index contributed by atoms with van der Waals surface area (Å²) in [7, 11) is 1.78. The van der Waals surface area contributed by atoms with Crippen LogP contribution in [0.25, 0.3) is 5.57 Å². The smallest absolute Gasteiger partial charge is 0.168 e. The second-order valence-corrected chi connectivity index (χ2v) is 3.89. The molecule has 4 nitrogen and oxygen atoms in total. The van der Waals surface area contributed by atoms with Crippen LogP contribution < -0.4 is 0 Å². The Kier molecular flexibility index (Phi) is 2.34. The van der Waals surface area contributed by atoms with Gasteiger partial charge in [-0.05, 0) is 19.4 Å². The maximum atomic E-state index is 11.7. The van der Waals surface area contributed by atoms with Gasteiger partial charge < -0.3 is 5.11 Å². The van der Waals surface area contributed by atoms with Crippen molar-refractivity contribution in [2.75, 3.05) is 0 Å². The van der Waals surface area contributed by atoms with E-state index in [2.05, 4.69) is 5.10 Å². The number of aliphatic hydroxyl groups excluding tert-OH is 1. The highest BCUT2D eigenvalue weighted by Crippen LogP contribution is 2.28. The SMILES string of the molecule is Cc1cc(C2=C(O)CCCC2=O)n(C)n1. The molecule has 0 fully saturated rings. The van der Waals surface area contributed by atoms with E-state index in [1.807, 2.05) is 13.0 Å². The van der Waals surface area contributed by atoms with Crippen LogP contribution in [0.2, 0.25) is 0 Å². The third-order valence-electron chi connectivity index (χ3n) is 2.64. The Bertz CT molecular complexity index is 443. The van der Waals surface area contributed by atoms with Crippen molar-refractivity contribution in [3.8, 4) is 0 Å². The Labute approximate surface area is 88.2 Å². The lowest BCUT2D eigenvalue weighted by Gasteiger charge is -2.14. The van der Waals surface area contributed by atoms with Crippen molar-refractivity contribution in [3.63, 3.8) is 0 Å². The summed E-state index contributed by atoms with van der Waals surface area (Å²) < 4.78 is 1.64. The van der Waals surface area contributed by atoms with E-state index in [0.717, 1.165) is 17.8 Å². The summed E-state index contributed by atoms with van der Waals surface area (Å²) in [6, 6.07) is 1.83. The molecule has 15 heavy (non-hydrogen) atoms. The largest absolute Gasteiger partial charge is 0.511 e. The van der Waals surface area contributed by atoms with Gasteiger partial charge in [0.05, 0.1) is 17.0 Å². The van der Waals surface area contributed by atoms with Crippen LogP contribution in [0.4, 0.5) is 0 Å². The fraction of sp³-hybridized carbons (Fsp3) is 0.455. The molecule has 0 unspecified atom stereocenters. The number of Topliss-reactive ketones (excluding diaryl/α,β-unsaturated/α-hetero) is 1. The second kappa shape index (κ2) is 3.53. The van der Waals surface area contributed by atoms with Crippen molar-refractivity contribution < 1.29 is 9.90 Å². The minimum Gasteiger partial charge on any atom is -0.511 e. The summed E-state index contributed by atoms with van der Waals surface area (Å²) in [5, 5.41) is 13.9. The average molecular weight is 206 g/mol. The quantitative estimate of drug-likeness (QED) is 0.761. The fourth-order valence-corrected chi connectivity index (χ4v) is 1.96. The highest BCUT2D eigenvalue weighted by atomic mass is 16.3. The van der Waals surface area contributed by atoms with Crippen LogP contribution in [0.3, 0.4) is 0 Å². The van der Waals surface area contributed by atoms with Crippen LogP contribution in [0.15, 0.2) is 11.8 Å². The Hall–Kier alpha value is -1.58. The number of nitrogens with zero attached hydrogens (tertiary/aromatic N) is 2. The van der Waals surface area contributed by atoms with E-state index in [4.69, 9.17) is 0 Å². The minimum atomic E-state index is 0.0155. The number of allylic oxidation sites excluding steroid dienone is 2. The summed E-state index contributed by atoms with van der Waals surface area (Å²) in [5.41, 5.74) is 2.02. The number of hydrogen-bond donors (Lipinski definition) is 1. The zero-order valence-electron chi connectivity index (χ0n) is 8.95. The molecular formula is C11H14N2O2. The minimum absolute atomic E-state index is 0.0155. The maximum Gasteiger partial charge on any atom is 0.168 e. The van der Waals surface area contributed by atoms with Gasteiger partial charge >= 0.3 is 0 Å². The topological polar surface area (TPSA) is 55.1 Å². The lowest BCUT2D eigenvalue weighted by atomic mass is 9.94. The van der Waals surface area contributed by atoms with E-state index in [1.54, 1.807) is 11.7 Å². The zero-order chi connectivity index (χ0) is 11.0. The predicted molar refractivity (Wildman–Crippen MR) is 56.4 cm³/mol. The Morgan fingerprint density at radius 2 is 2.20 bits per heavy atom. The van der Waals surface area contributed by atoms with Crippen LogP contribution in [0.5, 0.6) is 0 Å². The second-order valence-electron chi connectivity index (χ2n) is 3.89. The van der Waals surface area contributed by atoms with Gasteiger partial charge in [0.2, 0.25) is 0 Å². The molecule has 1 heterocycles. The number of aryl methyl sites for hydroxylation is 2. The van der Waals surface area contributed by atoms with Crippen LogP contribution >= 0.6 is 0 Å². The van der Waals surface area contributed by atoms with Gasteiger partial charge in [-0.2, -0.15) is 5.10 Å². The molecule has 0 saturated heterocycles. The lowest BCUT2D eigenvalue weighted by molar-refractivity contribution is -0.114. The third kappa shape index (κ3) is 1.67. The van der Waals surface area contributed by atoms with E-state index >= 15 is 0 Å². The van der Waals surface area contributed by atoms with Gasteiger partial charge in [-0.25, -0.2) is 0 Å². The summed E-state index contributed by atoms with van der Waals surface area (Å²) in [5.74, 6) is 0.219. The molecule has 4 heteroatoms. The molecule has 0 spiro atoms. The summed E-state index contributed by atoms with van der Waals surface area (Å²) in [6.07, 6.45) is 1.85. The number of rotatable bonds is 1. The van der Waals surface area contributed by atoms with Crippen molar-refractivity contribution in [3.05, 3.63) is 23.2 Å². The van der Waals surface area contributed by atoms with Crippen LogP contribution in [-0.2, 0) is 11.8 Å². The first-order chi connectivity index (χ1) is 7.09. The van der Waals surface area contributed by atoms with E-state index in [0.29, 0.717) is 18.4 Å². The summed E-state index contributed by atoms with van der Waals surface area (Å²) in [6.45, 7) is 1.87. The lowest BCUT2D eigenvalue weighted by Crippen LogP contribution is -2.13. The predicted octanol–water partition coefficient (Wildman–Crippen LogP) is 1.75. The number of aromatic nitrogens is 2. The molecule has 1 aromatic heterocycles. The molecule has 0 amide bonds. The van der Waals surface area contributed by atoms with Gasteiger partial charge in [-0.3, -0.25) is 9.48 Å². The highest BCUT2D eigenvalue weighted by Gasteiger charge is 2.24. The summed E-state index contributed by atoms with van der Waals surface area (Å²) in [4.78, 5) is 11.7. The van der Waals surface area contributed by atoms with E-state index < -0.39 is 0 Å². The van der Waals surface area contributed by atoms with Gasteiger partial charge in [-0.1, -0.05) is 0 Å². The van der Waals surface area contributed by atoms with Gasteiger partial charge in [0, 0.05) is 19.9 Å². The monoisotopic (exact) mass is 206 g/mol. The van der Waals surface area contributed by atoms with Crippen molar-refractivity contribution in [1.29, 1.82) is 0 Å². The van der Waals surface area contributed by atoms with E-state index in [-0.39, 0.29) is 11.5 Å². The van der Waals surface area contributed by atoms with Crippen molar-refractivity contribution >= 4 is 11.4 Å². The maximum absolute atomic E-state index is 11.7. The molecule has 2 rings (SSSR count). The van der Waals surface area contributed by atoms with Crippen molar-refractivity contribution in [1.82, 2.24) is 9.78 Å². The Morgan fingerprint density at radius 3 is 2.73 bits per heavy atom. The van der Waals surface area contributed by atoms with Crippen molar-refractivity contribution in [2.24, 2.45) is 7.05 Å². The Balaban J connectivity index is 2.53. The first kappa shape index (κ1) is 9.96. The molecule has 1 aliphatic rings. The fourth-order valence-electron chi connectivity index (χ4n) is 1.96. The van der Waals surface area contributed by atoms with Crippen molar-refractivity contribution in [2.45, 2.75) is 26.2 Å². The number of carbonyl (C=O) groups is 1. The molecule has 0 aromatic carbocycles. The van der Waals surface area contributed by atoms with Gasteiger partial charge in [0.15, 0.2) is 5.78 Å². The molecule has 1 aliphatic carbocycles. The molecule has 0 aliphatic heterocycles. The standard InChI is InChI=1S/C11H14N2O2/c1-7-6-8(13(2)12-7)11-9(14)4-3-5-10(11)15/h6,14H,3-5H2,1-2H3. The molecule has 80 valence electrons. The van der Waals surface area contributed by atoms with Crippen LogP contribution in [0.1, 0.15) is 30.7 Å².